The van der Waals surface area contributed by atoms with Crippen molar-refractivity contribution in [1.29, 1.82) is 0 Å². The largest absolute Gasteiger partial charge is 0.387 e. The van der Waals surface area contributed by atoms with Crippen LogP contribution in [0.15, 0.2) is 22.7 Å². The van der Waals surface area contributed by atoms with Gasteiger partial charge in [-0.05, 0) is 46.6 Å². The molecule has 0 aliphatic rings. The number of hydrogen-bond acceptors (Lipinski definition) is 2. The standard InChI is InChI=1S/C11H15BrClNO/c1-2-5-14-7-11(15)8-3-4-10(13)9(12)6-8/h3-4,6,11,14-15H,2,5,7H2,1H3. The minimum Gasteiger partial charge on any atom is -0.387 e. The molecule has 2 N–H and O–H groups in total. The van der Waals surface area contributed by atoms with Crippen molar-refractivity contribution >= 4 is 27.5 Å². The molecule has 0 spiro atoms. The van der Waals surface area contributed by atoms with E-state index in [2.05, 4.69) is 28.2 Å². The molecule has 15 heavy (non-hydrogen) atoms. The first-order valence-corrected chi connectivity index (χ1v) is 6.16. The van der Waals surface area contributed by atoms with Crippen molar-refractivity contribution in [2.75, 3.05) is 13.1 Å². The predicted octanol–water partition coefficient (Wildman–Crippen LogP) is 3.14. The number of benzene rings is 1. The van der Waals surface area contributed by atoms with Crippen LogP contribution in [0.5, 0.6) is 0 Å². The van der Waals surface area contributed by atoms with Gasteiger partial charge in [0.05, 0.1) is 11.1 Å². The molecule has 0 bridgehead atoms. The highest BCUT2D eigenvalue weighted by Gasteiger charge is 2.08. The minimum absolute atomic E-state index is 0.481. The molecular formula is C11H15BrClNO. The molecular weight excluding hydrogens is 277 g/mol. The lowest BCUT2D eigenvalue weighted by Gasteiger charge is -2.12. The molecule has 2 nitrogen and oxygen atoms in total. The zero-order valence-electron chi connectivity index (χ0n) is 8.63. The summed E-state index contributed by atoms with van der Waals surface area (Å²) in [6.07, 6.45) is 0.585. The highest BCUT2D eigenvalue weighted by molar-refractivity contribution is 9.10. The van der Waals surface area contributed by atoms with Gasteiger partial charge in [0.2, 0.25) is 0 Å². The molecule has 0 amide bonds. The first-order chi connectivity index (χ1) is 7.15. The van der Waals surface area contributed by atoms with Crippen molar-refractivity contribution in [2.24, 2.45) is 0 Å². The van der Waals surface area contributed by atoms with Gasteiger partial charge in [-0.1, -0.05) is 24.6 Å². The third-order valence-electron chi connectivity index (χ3n) is 2.09. The first-order valence-electron chi connectivity index (χ1n) is 4.99. The van der Waals surface area contributed by atoms with E-state index >= 15 is 0 Å². The Bertz CT molecular complexity index is 319. The van der Waals surface area contributed by atoms with Gasteiger partial charge in [-0.15, -0.1) is 0 Å². The topological polar surface area (TPSA) is 32.3 Å². The maximum absolute atomic E-state index is 9.84. The van der Waals surface area contributed by atoms with Crippen molar-refractivity contribution in [3.8, 4) is 0 Å². The summed E-state index contributed by atoms with van der Waals surface area (Å²) >= 11 is 9.20. The van der Waals surface area contributed by atoms with E-state index in [9.17, 15) is 5.11 Å². The third-order valence-corrected chi connectivity index (χ3v) is 3.31. The molecule has 0 radical (unpaired) electrons. The molecule has 0 heterocycles. The van der Waals surface area contributed by atoms with E-state index in [0.29, 0.717) is 11.6 Å². The average molecular weight is 293 g/mol. The van der Waals surface area contributed by atoms with E-state index in [-0.39, 0.29) is 0 Å². The van der Waals surface area contributed by atoms with E-state index in [4.69, 9.17) is 11.6 Å². The lowest BCUT2D eigenvalue weighted by Crippen LogP contribution is -2.22. The van der Waals surface area contributed by atoms with Crippen LogP contribution in [0, 0.1) is 0 Å². The second-order valence-corrected chi connectivity index (χ2v) is 4.66. The average Bonchev–Trinajstić information content (AvgIpc) is 2.22. The van der Waals surface area contributed by atoms with Crippen molar-refractivity contribution in [1.82, 2.24) is 5.32 Å². The third kappa shape index (κ3) is 4.11. The molecule has 1 rings (SSSR count). The van der Waals surface area contributed by atoms with Crippen molar-refractivity contribution in [3.63, 3.8) is 0 Å². The molecule has 1 aromatic rings. The van der Waals surface area contributed by atoms with Crippen LogP contribution in [-0.4, -0.2) is 18.2 Å². The number of aliphatic hydroxyl groups excluding tert-OH is 1. The van der Waals surface area contributed by atoms with Crippen molar-refractivity contribution in [2.45, 2.75) is 19.4 Å². The molecule has 0 saturated carbocycles. The Labute approximate surface area is 104 Å². The number of nitrogens with one attached hydrogen (secondary N) is 1. The number of halogens is 2. The van der Waals surface area contributed by atoms with Crippen LogP contribution in [-0.2, 0) is 0 Å². The normalized spacial score (nSPS) is 12.8. The van der Waals surface area contributed by atoms with Crippen LogP contribution < -0.4 is 5.32 Å². The molecule has 0 aliphatic heterocycles. The fraction of sp³-hybridized carbons (Fsp3) is 0.455. The summed E-state index contributed by atoms with van der Waals surface area (Å²) in [7, 11) is 0. The van der Waals surface area contributed by atoms with Gasteiger partial charge in [-0.2, -0.15) is 0 Å². The lowest BCUT2D eigenvalue weighted by molar-refractivity contribution is 0.175. The van der Waals surface area contributed by atoms with E-state index in [1.165, 1.54) is 0 Å². The molecule has 1 unspecified atom stereocenters. The van der Waals surface area contributed by atoms with Crippen molar-refractivity contribution < 1.29 is 5.11 Å². The molecule has 4 heteroatoms. The first kappa shape index (κ1) is 13.0. The Morgan fingerprint density at radius 3 is 2.87 bits per heavy atom. The number of rotatable bonds is 5. The summed E-state index contributed by atoms with van der Waals surface area (Å²) in [6.45, 7) is 3.59. The highest BCUT2D eigenvalue weighted by Crippen LogP contribution is 2.25. The molecule has 84 valence electrons. The van der Waals surface area contributed by atoms with Gasteiger partial charge in [-0.3, -0.25) is 0 Å². The monoisotopic (exact) mass is 291 g/mol. The summed E-state index contributed by atoms with van der Waals surface area (Å²) in [5.41, 5.74) is 0.870. The fourth-order valence-corrected chi connectivity index (χ4v) is 1.77. The Kier molecular flexibility index (Phi) is 5.61. The van der Waals surface area contributed by atoms with Crippen LogP contribution in [0.3, 0.4) is 0 Å². The van der Waals surface area contributed by atoms with Gasteiger partial charge in [0, 0.05) is 11.0 Å². The van der Waals surface area contributed by atoms with Gasteiger partial charge in [0.15, 0.2) is 0 Å². The van der Waals surface area contributed by atoms with Crippen LogP contribution >= 0.6 is 27.5 Å². The smallest absolute Gasteiger partial charge is 0.0914 e. The van der Waals surface area contributed by atoms with Gasteiger partial charge in [-0.25, -0.2) is 0 Å². The van der Waals surface area contributed by atoms with Gasteiger partial charge >= 0.3 is 0 Å². The van der Waals surface area contributed by atoms with E-state index in [1.54, 1.807) is 6.07 Å². The predicted molar refractivity (Wildman–Crippen MR) is 67.3 cm³/mol. The second kappa shape index (κ2) is 6.48. The molecule has 0 fully saturated rings. The Morgan fingerprint density at radius 2 is 2.27 bits per heavy atom. The van der Waals surface area contributed by atoms with Gasteiger partial charge < -0.3 is 10.4 Å². The summed E-state index contributed by atoms with van der Waals surface area (Å²) in [6, 6.07) is 5.47. The van der Waals surface area contributed by atoms with E-state index in [0.717, 1.165) is 23.0 Å². The molecule has 1 atom stereocenters. The van der Waals surface area contributed by atoms with Crippen LogP contribution in [0.1, 0.15) is 25.0 Å². The SMILES string of the molecule is CCCNCC(O)c1ccc(Cl)c(Br)c1. The summed E-state index contributed by atoms with van der Waals surface area (Å²) in [5.74, 6) is 0. The maximum atomic E-state index is 9.84. The zero-order chi connectivity index (χ0) is 11.3. The highest BCUT2D eigenvalue weighted by atomic mass is 79.9. The Balaban J connectivity index is 2.57. The summed E-state index contributed by atoms with van der Waals surface area (Å²) in [4.78, 5) is 0. The molecule has 0 saturated heterocycles. The minimum atomic E-state index is -0.481. The lowest BCUT2D eigenvalue weighted by atomic mass is 10.1. The van der Waals surface area contributed by atoms with Crippen LogP contribution in [0.25, 0.3) is 0 Å². The number of hydrogen-bond donors (Lipinski definition) is 2. The van der Waals surface area contributed by atoms with Crippen LogP contribution in [0.4, 0.5) is 0 Å². The quantitative estimate of drug-likeness (QED) is 0.817. The molecule has 0 aromatic heterocycles. The summed E-state index contributed by atoms with van der Waals surface area (Å²) < 4.78 is 0.816. The Morgan fingerprint density at radius 1 is 1.53 bits per heavy atom. The van der Waals surface area contributed by atoms with Crippen molar-refractivity contribution in [3.05, 3.63) is 33.3 Å². The summed E-state index contributed by atoms with van der Waals surface area (Å²) in [5, 5.41) is 13.7. The van der Waals surface area contributed by atoms with Crippen LogP contribution in [0.2, 0.25) is 5.02 Å². The number of aliphatic hydroxyl groups is 1. The molecule has 0 aliphatic carbocycles. The fourth-order valence-electron chi connectivity index (χ4n) is 1.25. The second-order valence-electron chi connectivity index (χ2n) is 3.39. The Hall–Kier alpha value is -0.0900. The maximum Gasteiger partial charge on any atom is 0.0914 e. The van der Waals surface area contributed by atoms with E-state index < -0.39 is 6.10 Å². The van der Waals surface area contributed by atoms with E-state index in [1.807, 2.05) is 12.1 Å². The molecule has 1 aromatic carbocycles. The van der Waals surface area contributed by atoms with Gasteiger partial charge in [0.1, 0.15) is 0 Å². The zero-order valence-corrected chi connectivity index (χ0v) is 11.0. The van der Waals surface area contributed by atoms with Gasteiger partial charge in [0.25, 0.3) is 0 Å².